The van der Waals surface area contributed by atoms with Crippen LogP contribution in [-0.4, -0.2) is 6.04 Å². The van der Waals surface area contributed by atoms with Gasteiger partial charge in [-0.2, -0.15) is 5.26 Å². The van der Waals surface area contributed by atoms with Gasteiger partial charge in [-0.1, -0.05) is 13.8 Å². The highest BCUT2D eigenvalue weighted by atomic mass is 15.4. The molecule has 0 radical (unpaired) electrons. The van der Waals surface area contributed by atoms with Gasteiger partial charge in [-0.15, -0.1) is 0 Å². The lowest BCUT2D eigenvalue weighted by atomic mass is 10.1. The van der Waals surface area contributed by atoms with Crippen LogP contribution in [0.1, 0.15) is 13.8 Å². The Labute approximate surface area is 43.9 Å². The second-order valence-corrected chi connectivity index (χ2v) is 1.90. The van der Waals surface area contributed by atoms with E-state index in [1.807, 2.05) is 19.9 Å². The highest BCUT2D eigenvalue weighted by Gasteiger charge is 2.02. The molecule has 0 spiro atoms. The summed E-state index contributed by atoms with van der Waals surface area (Å²) in [5.74, 6) is 0.282. The lowest BCUT2D eigenvalue weighted by Gasteiger charge is -2.02. The Hall–Kier alpha value is -0.550. The molecule has 0 aliphatic rings. The minimum absolute atomic E-state index is 0.282. The number of nitrogens with two attached hydrogens (primary N) is 1. The van der Waals surface area contributed by atoms with Crippen LogP contribution in [0.4, 0.5) is 0 Å². The van der Waals surface area contributed by atoms with Gasteiger partial charge in [0.25, 0.3) is 0 Å². The molecule has 40 valence electrons. The van der Waals surface area contributed by atoms with Crippen LogP contribution in [0.25, 0.3) is 0 Å². The number of hydrogen-bond acceptors (Lipinski definition) is 2. The topological polar surface area (TPSA) is 49.8 Å². The van der Waals surface area contributed by atoms with Crippen LogP contribution in [0, 0.1) is 17.2 Å². The van der Waals surface area contributed by atoms with Crippen molar-refractivity contribution in [2.45, 2.75) is 19.9 Å². The van der Waals surface area contributed by atoms with Crippen molar-refractivity contribution < 1.29 is 0 Å². The third kappa shape index (κ3) is 2.18. The van der Waals surface area contributed by atoms with Crippen LogP contribution in [0.15, 0.2) is 0 Å². The van der Waals surface area contributed by atoms with Crippen LogP contribution in [0.5, 0.6) is 0 Å². The van der Waals surface area contributed by atoms with E-state index in [0.717, 1.165) is 0 Å². The zero-order chi connectivity index (χ0) is 5.86. The van der Waals surface area contributed by atoms with Crippen molar-refractivity contribution in [3.8, 4) is 6.07 Å². The van der Waals surface area contributed by atoms with Gasteiger partial charge in [0.15, 0.2) is 0 Å². The zero-order valence-electron chi connectivity index (χ0n) is 4.68. The average Bonchev–Trinajstić information content (AvgIpc) is 1.65. The van der Waals surface area contributed by atoms with Gasteiger partial charge < -0.3 is 5.73 Å². The summed E-state index contributed by atoms with van der Waals surface area (Å²) in [5, 5.41) is 8.13. The molecule has 0 aromatic rings. The van der Waals surface area contributed by atoms with E-state index < -0.39 is 0 Å². The fraction of sp³-hybridized carbons (Fsp3) is 0.800. The quantitative estimate of drug-likeness (QED) is 0.486. The third-order valence-corrected chi connectivity index (χ3v) is 0.867. The first-order valence-corrected chi connectivity index (χ1v) is 2.33. The van der Waals surface area contributed by atoms with Crippen LogP contribution in [0.3, 0.4) is 0 Å². The summed E-state index contributed by atoms with van der Waals surface area (Å²) in [6, 6.07) is 1.65. The van der Waals surface area contributed by atoms with E-state index in [9.17, 15) is 0 Å². The smallest absolute Gasteiger partial charge is 0.0951 e. The molecule has 0 fully saturated rings. The summed E-state index contributed by atoms with van der Waals surface area (Å²) < 4.78 is 0. The molecular formula is C5H10N2. The van der Waals surface area contributed by atoms with Crippen molar-refractivity contribution in [3.63, 3.8) is 0 Å². The molecular weight excluding hydrogens is 89.1 g/mol. The zero-order valence-corrected chi connectivity index (χ0v) is 4.68. The van der Waals surface area contributed by atoms with Crippen LogP contribution in [0.2, 0.25) is 0 Å². The third-order valence-electron chi connectivity index (χ3n) is 0.867. The predicted octanol–water partition coefficient (Wildman–Crippen LogP) is 0.493. The molecule has 0 rings (SSSR count). The fourth-order valence-corrected chi connectivity index (χ4v) is 0.149. The maximum absolute atomic E-state index is 8.13. The second-order valence-electron chi connectivity index (χ2n) is 1.90. The van der Waals surface area contributed by atoms with Crippen molar-refractivity contribution in [2.75, 3.05) is 0 Å². The van der Waals surface area contributed by atoms with Gasteiger partial charge in [0, 0.05) is 0 Å². The first-order chi connectivity index (χ1) is 3.18. The molecule has 0 heterocycles. The Morgan fingerprint density at radius 3 is 2.00 bits per heavy atom. The molecule has 2 heteroatoms. The van der Waals surface area contributed by atoms with Crippen molar-refractivity contribution in [1.29, 1.82) is 5.26 Å². The maximum atomic E-state index is 8.13. The van der Waals surface area contributed by atoms with Gasteiger partial charge in [0.05, 0.1) is 12.1 Å². The van der Waals surface area contributed by atoms with Crippen LogP contribution >= 0.6 is 0 Å². The Kier molecular flexibility index (Phi) is 2.39. The molecule has 0 aliphatic heterocycles. The summed E-state index contributed by atoms with van der Waals surface area (Å²) in [6.07, 6.45) is 0. The Morgan fingerprint density at radius 2 is 2.00 bits per heavy atom. The van der Waals surface area contributed by atoms with Crippen molar-refractivity contribution >= 4 is 0 Å². The molecule has 0 aromatic heterocycles. The molecule has 2 nitrogen and oxygen atoms in total. The summed E-state index contributed by atoms with van der Waals surface area (Å²) >= 11 is 0. The number of nitriles is 1. The van der Waals surface area contributed by atoms with E-state index in [4.69, 9.17) is 11.0 Å². The lowest BCUT2D eigenvalue weighted by molar-refractivity contribution is 0.580. The molecule has 0 aliphatic carbocycles. The molecule has 1 atom stereocenters. The summed E-state index contributed by atoms with van der Waals surface area (Å²) in [6.45, 7) is 3.85. The summed E-state index contributed by atoms with van der Waals surface area (Å²) in [4.78, 5) is 0. The van der Waals surface area contributed by atoms with E-state index in [1.165, 1.54) is 0 Å². The van der Waals surface area contributed by atoms with E-state index in [-0.39, 0.29) is 12.0 Å². The highest BCUT2D eigenvalue weighted by Crippen LogP contribution is 1.93. The molecule has 0 saturated heterocycles. The monoisotopic (exact) mass is 99.1 g/mol. The van der Waals surface area contributed by atoms with Crippen molar-refractivity contribution in [1.82, 2.24) is 0 Å². The van der Waals surface area contributed by atoms with Gasteiger partial charge in [-0.3, -0.25) is 0 Å². The van der Waals surface area contributed by atoms with Crippen LogP contribution in [-0.2, 0) is 0 Å². The van der Waals surface area contributed by atoms with Gasteiger partial charge in [-0.25, -0.2) is 0 Å². The first-order valence-electron chi connectivity index (χ1n) is 2.33. The molecule has 0 aromatic carbocycles. The van der Waals surface area contributed by atoms with Crippen molar-refractivity contribution in [3.05, 3.63) is 0 Å². The molecule has 7 heavy (non-hydrogen) atoms. The van der Waals surface area contributed by atoms with Gasteiger partial charge in [0.2, 0.25) is 0 Å². The number of nitrogens with zero attached hydrogens (tertiary/aromatic N) is 1. The molecule has 0 unspecified atom stereocenters. The Morgan fingerprint density at radius 1 is 1.57 bits per heavy atom. The van der Waals surface area contributed by atoms with E-state index in [2.05, 4.69) is 0 Å². The molecule has 0 bridgehead atoms. The SMILES string of the molecule is CC(C)[C@H]([15NH2])C#N. The molecule has 0 amide bonds. The summed E-state index contributed by atoms with van der Waals surface area (Å²) in [7, 11) is 0. The minimum atomic E-state index is -0.292. The number of hydrogen-bond donors (Lipinski definition) is 1. The first kappa shape index (κ1) is 6.45. The van der Waals surface area contributed by atoms with Gasteiger partial charge in [0.1, 0.15) is 0 Å². The largest absolute Gasteiger partial charge is 0.316 e. The molecule has 2 N–H and O–H groups in total. The predicted molar refractivity (Wildman–Crippen MR) is 28.4 cm³/mol. The van der Waals surface area contributed by atoms with Crippen molar-refractivity contribution in [2.24, 2.45) is 11.7 Å². The lowest BCUT2D eigenvalue weighted by Crippen LogP contribution is -2.23. The van der Waals surface area contributed by atoms with E-state index >= 15 is 0 Å². The van der Waals surface area contributed by atoms with Gasteiger partial charge in [-0.05, 0) is 5.92 Å². The number of rotatable bonds is 1. The van der Waals surface area contributed by atoms with Crippen LogP contribution < -0.4 is 5.73 Å². The Balaban J connectivity index is 3.40. The van der Waals surface area contributed by atoms with E-state index in [0.29, 0.717) is 0 Å². The summed E-state index contributed by atoms with van der Waals surface area (Å²) in [5.41, 5.74) is 5.25. The average molecular weight is 99.1 g/mol. The Bertz CT molecular complexity index is 80.6. The van der Waals surface area contributed by atoms with E-state index in [1.54, 1.807) is 0 Å². The highest BCUT2D eigenvalue weighted by molar-refractivity contribution is 4.88. The normalized spacial score (nSPS) is 13.6. The standard InChI is InChI=1S/C5H10N2/c1-4(2)5(7)3-6/h4-5H,7H2,1-2H3/t5-/m1/s1/i7+1. The second kappa shape index (κ2) is 2.59. The molecule has 0 saturated carbocycles. The fourth-order valence-electron chi connectivity index (χ4n) is 0.149. The van der Waals surface area contributed by atoms with Gasteiger partial charge >= 0.3 is 0 Å². The minimum Gasteiger partial charge on any atom is -0.316 e. The maximum Gasteiger partial charge on any atom is 0.0951 e.